The van der Waals surface area contributed by atoms with Gasteiger partial charge in [0.2, 0.25) is 0 Å². The molecule has 1 aromatic heterocycles. The first-order valence-corrected chi connectivity index (χ1v) is 7.85. The molecule has 0 spiro atoms. The Kier molecular flexibility index (Phi) is 7.17. The summed E-state index contributed by atoms with van der Waals surface area (Å²) in [4.78, 5) is 6.82. The quantitative estimate of drug-likeness (QED) is 0.791. The van der Waals surface area contributed by atoms with Crippen LogP contribution in [0.4, 0.5) is 0 Å². The van der Waals surface area contributed by atoms with Crippen LogP contribution in [-0.2, 0) is 0 Å². The molecular formula is C17H31N3. The highest BCUT2D eigenvalue weighted by Crippen LogP contribution is 2.26. The minimum atomic E-state index is 0.150. The third kappa shape index (κ3) is 5.22. The van der Waals surface area contributed by atoms with E-state index in [-0.39, 0.29) is 12.1 Å². The summed E-state index contributed by atoms with van der Waals surface area (Å²) in [5.74, 6) is 1.27. The Balaban J connectivity index is 3.04. The Morgan fingerprint density at radius 1 is 1.15 bits per heavy atom. The molecule has 2 N–H and O–H groups in total. The smallest absolute Gasteiger partial charge is 0.0514 e. The summed E-state index contributed by atoms with van der Waals surface area (Å²) in [5, 5.41) is 0. The van der Waals surface area contributed by atoms with Crippen molar-refractivity contribution in [2.45, 2.75) is 53.1 Å². The number of rotatable bonds is 8. The van der Waals surface area contributed by atoms with E-state index in [1.807, 2.05) is 18.5 Å². The zero-order valence-electron chi connectivity index (χ0n) is 13.7. The minimum Gasteiger partial charge on any atom is -0.326 e. The van der Waals surface area contributed by atoms with Crippen LogP contribution in [0.1, 0.15) is 52.6 Å². The van der Waals surface area contributed by atoms with E-state index >= 15 is 0 Å². The third-order valence-electron chi connectivity index (χ3n) is 3.50. The molecular weight excluding hydrogens is 246 g/mol. The van der Waals surface area contributed by atoms with Gasteiger partial charge in [-0.1, -0.05) is 40.7 Å². The minimum absolute atomic E-state index is 0.150. The molecule has 114 valence electrons. The maximum Gasteiger partial charge on any atom is 0.0514 e. The van der Waals surface area contributed by atoms with E-state index in [4.69, 9.17) is 5.73 Å². The Hall–Kier alpha value is -0.930. The SMILES string of the molecule is CCC(N)C(c1cccnc1)N(CC(C)C)CC(C)C. The Morgan fingerprint density at radius 2 is 1.75 bits per heavy atom. The van der Waals surface area contributed by atoms with Gasteiger partial charge in [-0.3, -0.25) is 9.88 Å². The standard InChI is InChI=1S/C17H31N3/c1-6-16(18)17(15-8-7-9-19-10-15)20(11-13(2)3)12-14(4)5/h7-10,13-14,16-17H,6,11-12,18H2,1-5H3. The topological polar surface area (TPSA) is 42.1 Å². The predicted octanol–water partition coefficient (Wildman–Crippen LogP) is 3.47. The number of pyridine rings is 1. The van der Waals surface area contributed by atoms with Gasteiger partial charge in [-0.25, -0.2) is 0 Å². The molecule has 0 saturated heterocycles. The second-order valence-electron chi connectivity index (χ2n) is 6.54. The van der Waals surface area contributed by atoms with Gasteiger partial charge in [-0.2, -0.15) is 0 Å². The van der Waals surface area contributed by atoms with Crippen molar-refractivity contribution in [1.29, 1.82) is 0 Å². The molecule has 2 atom stereocenters. The number of hydrogen-bond acceptors (Lipinski definition) is 3. The Morgan fingerprint density at radius 3 is 2.15 bits per heavy atom. The van der Waals surface area contributed by atoms with Crippen molar-refractivity contribution in [3.63, 3.8) is 0 Å². The first-order valence-electron chi connectivity index (χ1n) is 7.85. The molecule has 0 amide bonds. The molecule has 0 aliphatic carbocycles. The zero-order chi connectivity index (χ0) is 15.1. The lowest BCUT2D eigenvalue weighted by molar-refractivity contribution is 0.134. The van der Waals surface area contributed by atoms with Crippen molar-refractivity contribution in [1.82, 2.24) is 9.88 Å². The summed E-state index contributed by atoms with van der Waals surface area (Å²) in [6, 6.07) is 4.57. The van der Waals surface area contributed by atoms with E-state index in [1.54, 1.807) is 0 Å². The van der Waals surface area contributed by atoms with Gasteiger partial charge in [-0.15, -0.1) is 0 Å². The lowest BCUT2D eigenvalue weighted by Gasteiger charge is -2.37. The monoisotopic (exact) mass is 277 g/mol. The van der Waals surface area contributed by atoms with Crippen LogP contribution in [0.5, 0.6) is 0 Å². The molecule has 0 saturated carbocycles. The normalized spacial score (nSPS) is 15.1. The van der Waals surface area contributed by atoms with Crippen LogP contribution in [0, 0.1) is 11.8 Å². The molecule has 3 nitrogen and oxygen atoms in total. The van der Waals surface area contributed by atoms with E-state index in [9.17, 15) is 0 Å². The van der Waals surface area contributed by atoms with Crippen LogP contribution in [0.25, 0.3) is 0 Å². The second kappa shape index (κ2) is 8.38. The predicted molar refractivity (Wildman–Crippen MR) is 86.5 cm³/mol. The summed E-state index contributed by atoms with van der Waals surface area (Å²) in [7, 11) is 0. The van der Waals surface area contributed by atoms with Crippen LogP contribution >= 0.6 is 0 Å². The van der Waals surface area contributed by atoms with Gasteiger partial charge < -0.3 is 5.73 Å². The Labute approximate surface area is 124 Å². The molecule has 0 aliphatic rings. The van der Waals surface area contributed by atoms with Crippen molar-refractivity contribution in [3.8, 4) is 0 Å². The summed E-state index contributed by atoms with van der Waals surface area (Å²) in [6.45, 7) is 13.4. The number of nitrogens with two attached hydrogens (primary N) is 1. The highest BCUT2D eigenvalue weighted by molar-refractivity contribution is 5.16. The lowest BCUT2D eigenvalue weighted by Crippen LogP contribution is -2.44. The lowest BCUT2D eigenvalue weighted by atomic mass is 9.95. The van der Waals surface area contributed by atoms with Crippen LogP contribution in [-0.4, -0.2) is 29.0 Å². The van der Waals surface area contributed by atoms with Crippen molar-refractivity contribution in [2.75, 3.05) is 13.1 Å². The largest absolute Gasteiger partial charge is 0.326 e. The van der Waals surface area contributed by atoms with Gasteiger partial charge in [0.15, 0.2) is 0 Å². The van der Waals surface area contributed by atoms with E-state index in [0.717, 1.165) is 19.5 Å². The van der Waals surface area contributed by atoms with Crippen molar-refractivity contribution in [3.05, 3.63) is 30.1 Å². The van der Waals surface area contributed by atoms with Gasteiger partial charge in [0, 0.05) is 31.5 Å². The third-order valence-corrected chi connectivity index (χ3v) is 3.50. The van der Waals surface area contributed by atoms with E-state index < -0.39 is 0 Å². The first kappa shape index (κ1) is 17.1. The van der Waals surface area contributed by atoms with Crippen molar-refractivity contribution in [2.24, 2.45) is 17.6 Å². The summed E-state index contributed by atoms with van der Waals surface area (Å²) in [5.41, 5.74) is 7.67. The molecule has 0 fully saturated rings. The molecule has 3 heteroatoms. The van der Waals surface area contributed by atoms with Gasteiger partial charge in [0.25, 0.3) is 0 Å². The van der Waals surface area contributed by atoms with Crippen molar-refractivity contribution >= 4 is 0 Å². The molecule has 1 heterocycles. The number of aromatic nitrogens is 1. The fourth-order valence-corrected chi connectivity index (χ4v) is 2.74. The van der Waals surface area contributed by atoms with E-state index in [0.29, 0.717) is 11.8 Å². The fourth-order valence-electron chi connectivity index (χ4n) is 2.74. The van der Waals surface area contributed by atoms with Gasteiger partial charge in [-0.05, 0) is 29.9 Å². The summed E-state index contributed by atoms with van der Waals surface area (Å²) in [6.07, 6.45) is 4.77. The molecule has 0 aromatic carbocycles. The zero-order valence-corrected chi connectivity index (χ0v) is 13.7. The van der Waals surface area contributed by atoms with Crippen LogP contribution in [0.3, 0.4) is 0 Å². The van der Waals surface area contributed by atoms with Crippen LogP contribution in [0.2, 0.25) is 0 Å². The van der Waals surface area contributed by atoms with E-state index in [1.165, 1.54) is 5.56 Å². The van der Waals surface area contributed by atoms with Crippen LogP contribution in [0.15, 0.2) is 24.5 Å². The Bertz CT molecular complexity index is 352. The van der Waals surface area contributed by atoms with Crippen molar-refractivity contribution < 1.29 is 0 Å². The second-order valence-corrected chi connectivity index (χ2v) is 6.54. The fraction of sp³-hybridized carbons (Fsp3) is 0.706. The van der Waals surface area contributed by atoms with Gasteiger partial charge in [0.1, 0.15) is 0 Å². The maximum atomic E-state index is 6.43. The molecule has 0 bridgehead atoms. The first-order chi connectivity index (χ1) is 9.45. The maximum absolute atomic E-state index is 6.43. The highest BCUT2D eigenvalue weighted by Gasteiger charge is 2.26. The molecule has 1 rings (SSSR count). The molecule has 2 unspecified atom stereocenters. The molecule has 0 aliphatic heterocycles. The van der Waals surface area contributed by atoms with Gasteiger partial charge >= 0.3 is 0 Å². The van der Waals surface area contributed by atoms with E-state index in [2.05, 4.69) is 50.6 Å². The number of hydrogen-bond donors (Lipinski definition) is 1. The molecule has 0 radical (unpaired) electrons. The molecule has 1 aromatic rings. The highest BCUT2D eigenvalue weighted by atomic mass is 15.2. The average molecular weight is 277 g/mol. The van der Waals surface area contributed by atoms with Crippen LogP contribution < -0.4 is 5.73 Å². The number of nitrogens with zero attached hydrogens (tertiary/aromatic N) is 2. The summed E-state index contributed by atoms with van der Waals surface area (Å²) >= 11 is 0. The summed E-state index contributed by atoms with van der Waals surface area (Å²) < 4.78 is 0. The van der Waals surface area contributed by atoms with Gasteiger partial charge in [0.05, 0.1) is 6.04 Å². The average Bonchev–Trinajstić information content (AvgIpc) is 2.38. The molecule has 20 heavy (non-hydrogen) atoms.